The molecular weight excluding hydrogens is 306 g/mol. The zero-order valence-electron chi connectivity index (χ0n) is 11.5. The Balaban J connectivity index is 1.86. The molecule has 21 heavy (non-hydrogen) atoms. The van der Waals surface area contributed by atoms with Crippen molar-refractivity contribution in [2.45, 2.75) is 13.0 Å². The fraction of sp³-hybridized carbons (Fsp3) is 0.188. The van der Waals surface area contributed by atoms with Gasteiger partial charge in [-0.3, -0.25) is 4.79 Å². The minimum absolute atomic E-state index is 0.189. The average molecular weight is 322 g/mol. The highest BCUT2D eigenvalue weighted by molar-refractivity contribution is 7.07. The van der Waals surface area contributed by atoms with E-state index in [4.69, 9.17) is 11.6 Å². The predicted octanol–water partition coefficient (Wildman–Crippen LogP) is 3.57. The Morgan fingerprint density at radius 2 is 2.29 bits per heavy atom. The Bertz CT molecular complexity index is 638. The van der Waals surface area contributed by atoms with E-state index < -0.39 is 6.10 Å². The summed E-state index contributed by atoms with van der Waals surface area (Å²) in [4.78, 5) is 11.7. The molecule has 2 N–H and O–H groups in total. The van der Waals surface area contributed by atoms with Gasteiger partial charge in [0.25, 0.3) is 0 Å². The third-order valence-corrected chi connectivity index (χ3v) is 4.13. The number of aliphatic hydroxyl groups excluding tert-OH is 1. The molecule has 0 saturated heterocycles. The van der Waals surface area contributed by atoms with Crippen LogP contribution in [-0.4, -0.2) is 17.6 Å². The molecule has 0 saturated carbocycles. The first-order chi connectivity index (χ1) is 10.1. The second-order valence-corrected chi connectivity index (χ2v) is 5.85. The minimum atomic E-state index is -0.678. The molecule has 1 unspecified atom stereocenters. The Labute approximate surface area is 132 Å². The number of carbonyl (C=O) groups excluding carboxylic acids is 1. The monoisotopic (exact) mass is 321 g/mol. The van der Waals surface area contributed by atoms with E-state index in [-0.39, 0.29) is 12.5 Å². The number of hydrogen-bond acceptors (Lipinski definition) is 3. The Hall–Kier alpha value is -1.62. The summed E-state index contributed by atoms with van der Waals surface area (Å²) in [5, 5.41) is 16.9. The van der Waals surface area contributed by atoms with Crippen molar-refractivity contribution < 1.29 is 9.90 Å². The number of aryl methyl sites for hydroxylation is 1. The van der Waals surface area contributed by atoms with Gasteiger partial charge in [-0.05, 0) is 52.6 Å². The maximum atomic E-state index is 11.7. The number of benzene rings is 1. The van der Waals surface area contributed by atoms with Crippen LogP contribution in [0.4, 0.5) is 0 Å². The number of amides is 1. The van der Waals surface area contributed by atoms with Gasteiger partial charge in [0.1, 0.15) is 0 Å². The highest BCUT2D eigenvalue weighted by atomic mass is 35.5. The van der Waals surface area contributed by atoms with Gasteiger partial charge in [-0.1, -0.05) is 23.7 Å². The highest BCUT2D eigenvalue weighted by Gasteiger charge is 2.08. The summed E-state index contributed by atoms with van der Waals surface area (Å²) in [6, 6.07) is 7.44. The van der Waals surface area contributed by atoms with E-state index in [1.807, 2.05) is 35.9 Å². The second kappa shape index (κ2) is 7.41. The molecule has 0 aliphatic rings. The largest absolute Gasteiger partial charge is 0.387 e. The van der Waals surface area contributed by atoms with Gasteiger partial charge in [-0.2, -0.15) is 11.3 Å². The summed E-state index contributed by atoms with van der Waals surface area (Å²) >= 11 is 7.54. The summed E-state index contributed by atoms with van der Waals surface area (Å²) in [6.45, 7) is 2.11. The Kier molecular flexibility index (Phi) is 5.56. The summed E-state index contributed by atoms with van der Waals surface area (Å²) in [7, 11) is 0. The first kappa shape index (κ1) is 15.8. The maximum Gasteiger partial charge on any atom is 0.244 e. The van der Waals surface area contributed by atoms with E-state index in [0.29, 0.717) is 5.02 Å². The molecule has 2 aromatic rings. The molecular formula is C16H16ClNO2S. The quantitative estimate of drug-likeness (QED) is 0.827. The number of hydrogen-bond donors (Lipinski definition) is 2. The number of nitrogens with one attached hydrogen (secondary N) is 1. The van der Waals surface area contributed by atoms with Crippen LogP contribution in [0.3, 0.4) is 0 Å². The molecule has 1 heterocycles. The summed E-state index contributed by atoms with van der Waals surface area (Å²) in [6.07, 6.45) is 2.45. The van der Waals surface area contributed by atoms with Crippen molar-refractivity contribution in [1.29, 1.82) is 0 Å². The standard InChI is InChI=1S/C16H16ClNO2S/c1-11-2-3-12(8-14(11)17)4-5-16(20)18-9-15(19)13-6-7-21-10-13/h2-8,10,15,19H,9H2,1H3,(H,18,20)/b5-4+. The molecule has 1 atom stereocenters. The molecule has 110 valence electrons. The van der Waals surface area contributed by atoms with Gasteiger partial charge >= 0.3 is 0 Å². The molecule has 0 aliphatic carbocycles. The van der Waals surface area contributed by atoms with Crippen LogP contribution < -0.4 is 5.32 Å². The molecule has 1 aromatic heterocycles. The van der Waals surface area contributed by atoms with E-state index in [9.17, 15) is 9.90 Å². The van der Waals surface area contributed by atoms with Gasteiger partial charge in [0.2, 0.25) is 5.91 Å². The van der Waals surface area contributed by atoms with E-state index in [1.54, 1.807) is 12.1 Å². The molecule has 2 rings (SSSR count). The first-order valence-electron chi connectivity index (χ1n) is 6.48. The lowest BCUT2D eigenvalue weighted by Crippen LogP contribution is -2.26. The summed E-state index contributed by atoms with van der Waals surface area (Å²) in [5.41, 5.74) is 2.67. The molecule has 3 nitrogen and oxygen atoms in total. The van der Waals surface area contributed by atoms with Crippen molar-refractivity contribution in [1.82, 2.24) is 5.32 Å². The Morgan fingerprint density at radius 1 is 1.48 bits per heavy atom. The summed E-state index contributed by atoms with van der Waals surface area (Å²) < 4.78 is 0. The smallest absolute Gasteiger partial charge is 0.244 e. The van der Waals surface area contributed by atoms with E-state index in [1.165, 1.54) is 17.4 Å². The fourth-order valence-corrected chi connectivity index (χ4v) is 2.62. The number of rotatable bonds is 5. The number of halogens is 1. The van der Waals surface area contributed by atoms with Gasteiger partial charge in [-0.15, -0.1) is 0 Å². The topological polar surface area (TPSA) is 49.3 Å². The maximum absolute atomic E-state index is 11.7. The summed E-state index contributed by atoms with van der Waals surface area (Å²) in [5.74, 6) is -0.249. The van der Waals surface area contributed by atoms with Gasteiger partial charge < -0.3 is 10.4 Å². The lowest BCUT2D eigenvalue weighted by Gasteiger charge is -2.08. The third-order valence-electron chi connectivity index (χ3n) is 3.02. The zero-order chi connectivity index (χ0) is 15.2. The van der Waals surface area contributed by atoms with Crippen LogP contribution in [0.1, 0.15) is 22.8 Å². The Morgan fingerprint density at radius 3 is 2.95 bits per heavy atom. The minimum Gasteiger partial charge on any atom is -0.387 e. The van der Waals surface area contributed by atoms with Crippen LogP contribution in [0, 0.1) is 6.92 Å². The van der Waals surface area contributed by atoms with Gasteiger partial charge in [-0.25, -0.2) is 0 Å². The van der Waals surface area contributed by atoms with Crippen LogP contribution in [-0.2, 0) is 4.79 Å². The normalized spacial score (nSPS) is 12.5. The van der Waals surface area contributed by atoms with Crippen LogP contribution in [0.2, 0.25) is 5.02 Å². The van der Waals surface area contributed by atoms with Crippen LogP contribution >= 0.6 is 22.9 Å². The van der Waals surface area contributed by atoms with Crippen LogP contribution in [0.5, 0.6) is 0 Å². The first-order valence-corrected chi connectivity index (χ1v) is 7.80. The molecule has 0 fully saturated rings. The molecule has 1 aromatic carbocycles. The average Bonchev–Trinajstić information content (AvgIpc) is 3.00. The molecule has 0 bridgehead atoms. The molecule has 0 spiro atoms. The molecule has 0 radical (unpaired) electrons. The van der Waals surface area contributed by atoms with Gasteiger partial charge in [0.15, 0.2) is 0 Å². The third kappa shape index (κ3) is 4.70. The van der Waals surface area contributed by atoms with E-state index in [2.05, 4.69) is 5.32 Å². The predicted molar refractivity (Wildman–Crippen MR) is 87.5 cm³/mol. The van der Waals surface area contributed by atoms with Crippen molar-refractivity contribution in [2.24, 2.45) is 0 Å². The highest BCUT2D eigenvalue weighted by Crippen LogP contribution is 2.17. The SMILES string of the molecule is Cc1ccc(/C=C/C(=O)NCC(O)c2ccsc2)cc1Cl. The lowest BCUT2D eigenvalue weighted by atomic mass is 10.1. The lowest BCUT2D eigenvalue weighted by molar-refractivity contribution is -0.116. The molecule has 1 amide bonds. The number of aliphatic hydroxyl groups is 1. The fourth-order valence-electron chi connectivity index (χ4n) is 1.72. The molecule has 5 heteroatoms. The second-order valence-electron chi connectivity index (χ2n) is 4.66. The number of carbonyl (C=O) groups is 1. The van der Waals surface area contributed by atoms with Crippen molar-refractivity contribution in [3.63, 3.8) is 0 Å². The number of thiophene rings is 1. The zero-order valence-corrected chi connectivity index (χ0v) is 13.1. The molecule has 0 aliphatic heterocycles. The van der Waals surface area contributed by atoms with E-state index in [0.717, 1.165) is 16.7 Å². The van der Waals surface area contributed by atoms with Gasteiger partial charge in [0.05, 0.1) is 6.10 Å². The van der Waals surface area contributed by atoms with Crippen molar-refractivity contribution >= 4 is 34.9 Å². The van der Waals surface area contributed by atoms with Crippen molar-refractivity contribution in [3.05, 3.63) is 62.8 Å². The van der Waals surface area contributed by atoms with Crippen molar-refractivity contribution in [2.75, 3.05) is 6.54 Å². The van der Waals surface area contributed by atoms with E-state index >= 15 is 0 Å². The van der Waals surface area contributed by atoms with Gasteiger partial charge in [0, 0.05) is 17.6 Å². The van der Waals surface area contributed by atoms with Crippen LogP contribution in [0.25, 0.3) is 6.08 Å². The van der Waals surface area contributed by atoms with Crippen LogP contribution in [0.15, 0.2) is 41.1 Å². The van der Waals surface area contributed by atoms with Crippen molar-refractivity contribution in [3.8, 4) is 0 Å².